The lowest BCUT2D eigenvalue weighted by Crippen LogP contribution is -2.05. The fourth-order valence-electron chi connectivity index (χ4n) is 4.92. The Kier molecular flexibility index (Phi) is 33.0. The fourth-order valence-corrected chi connectivity index (χ4v) is 4.92. The monoisotopic (exact) mass is 529 g/mol. The number of rotatable bonds is 30. The molecule has 0 aromatic rings. The summed E-state index contributed by atoms with van der Waals surface area (Å²) in [5.41, 5.74) is 0. The van der Waals surface area contributed by atoms with Crippen molar-refractivity contribution >= 4 is 0 Å². The third kappa shape index (κ3) is 32.9. The minimum atomic E-state index is -0.0651. The molecule has 0 fully saturated rings. The van der Waals surface area contributed by atoms with Gasteiger partial charge in [-0.2, -0.15) is 0 Å². The van der Waals surface area contributed by atoms with Crippen molar-refractivity contribution in [1.29, 1.82) is 0 Å². The molecule has 0 spiro atoms. The second kappa shape index (κ2) is 33.9. The molecule has 0 amide bonds. The molecule has 0 saturated heterocycles. The van der Waals surface area contributed by atoms with E-state index >= 15 is 0 Å². The van der Waals surface area contributed by atoms with Crippen LogP contribution in [0.4, 0.5) is 0 Å². The summed E-state index contributed by atoms with van der Waals surface area (Å²) in [5, 5.41) is 10.3. The van der Waals surface area contributed by atoms with Gasteiger partial charge in [0.25, 0.3) is 0 Å². The Hall–Kier alpha value is -1.08. The highest BCUT2D eigenvalue weighted by Gasteiger charge is 2.03. The van der Waals surface area contributed by atoms with E-state index in [1.807, 2.05) is 0 Å². The van der Waals surface area contributed by atoms with Crippen molar-refractivity contribution < 1.29 is 5.11 Å². The lowest BCUT2D eigenvalue weighted by molar-refractivity contribution is 0.147. The standard InChI is InChI=1S/C37H68O/c1-3-5-7-9-11-13-15-17-19-21-23-25-27-29-31-33-35-37(38)36-34-32-30-28-26-24-22-20-18-16-14-12-10-8-6-4-2/h13-20,37-38H,3-12,21-36H2,1-2H3/b15-13+,16-14+,19-17-,20-18-. The van der Waals surface area contributed by atoms with E-state index in [1.165, 1.54) is 154 Å². The molecule has 1 N–H and O–H groups in total. The maximum absolute atomic E-state index is 10.3. The van der Waals surface area contributed by atoms with Crippen molar-refractivity contribution in [2.45, 2.75) is 187 Å². The molecule has 222 valence electrons. The van der Waals surface area contributed by atoms with Gasteiger partial charge in [0.2, 0.25) is 0 Å². The molecule has 0 atom stereocenters. The predicted octanol–water partition coefficient (Wildman–Crippen LogP) is 12.8. The third-order valence-corrected chi connectivity index (χ3v) is 7.53. The molecule has 0 aliphatic heterocycles. The second-order valence-electron chi connectivity index (χ2n) is 11.5. The molecule has 0 bridgehead atoms. The maximum Gasteiger partial charge on any atom is 0.0540 e. The molecule has 1 heteroatoms. The van der Waals surface area contributed by atoms with Crippen molar-refractivity contribution in [2.24, 2.45) is 0 Å². The first-order valence-electron chi connectivity index (χ1n) is 17.1. The summed E-state index contributed by atoms with van der Waals surface area (Å²) in [4.78, 5) is 0. The van der Waals surface area contributed by atoms with Crippen LogP contribution >= 0.6 is 0 Å². The SMILES string of the molecule is CCCCCC/C=C/C=C\CCCCCCCCC(O)CCCCCCCC/C=C\C=C\CCCCCC. The molecular formula is C37H68O. The minimum Gasteiger partial charge on any atom is -0.393 e. The number of unbranched alkanes of at least 4 members (excludes halogenated alkanes) is 20. The third-order valence-electron chi connectivity index (χ3n) is 7.53. The average molecular weight is 529 g/mol. The van der Waals surface area contributed by atoms with Gasteiger partial charge in [0.15, 0.2) is 0 Å². The van der Waals surface area contributed by atoms with Gasteiger partial charge in [-0.3, -0.25) is 0 Å². The molecule has 0 radical (unpaired) electrons. The van der Waals surface area contributed by atoms with Gasteiger partial charge in [-0.25, -0.2) is 0 Å². The Labute approximate surface area is 240 Å². The molecule has 0 saturated carbocycles. The van der Waals surface area contributed by atoms with Crippen molar-refractivity contribution in [1.82, 2.24) is 0 Å². The summed E-state index contributed by atoms with van der Waals surface area (Å²) in [5.74, 6) is 0. The number of hydrogen-bond acceptors (Lipinski definition) is 1. The Balaban J connectivity index is 3.30. The Morgan fingerprint density at radius 2 is 0.632 bits per heavy atom. The van der Waals surface area contributed by atoms with Crippen LogP contribution < -0.4 is 0 Å². The van der Waals surface area contributed by atoms with Gasteiger partial charge in [0.1, 0.15) is 0 Å². The summed E-state index contributed by atoms with van der Waals surface area (Å²) in [6.07, 6.45) is 51.5. The average Bonchev–Trinajstić information content (AvgIpc) is 2.92. The summed E-state index contributed by atoms with van der Waals surface area (Å²) in [6, 6.07) is 0. The summed E-state index contributed by atoms with van der Waals surface area (Å²) >= 11 is 0. The van der Waals surface area contributed by atoms with Gasteiger partial charge in [-0.1, -0.05) is 165 Å². The van der Waals surface area contributed by atoms with Crippen LogP contribution in [0.2, 0.25) is 0 Å². The van der Waals surface area contributed by atoms with Crippen LogP contribution in [-0.2, 0) is 0 Å². The topological polar surface area (TPSA) is 20.2 Å². The normalized spacial score (nSPS) is 12.5. The maximum atomic E-state index is 10.3. The van der Waals surface area contributed by atoms with Gasteiger partial charge in [-0.15, -0.1) is 0 Å². The van der Waals surface area contributed by atoms with E-state index in [0.29, 0.717) is 0 Å². The van der Waals surface area contributed by atoms with Crippen molar-refractivity contribution in [3.05, 3.63) is 48.6 Å². The first kappa shape index (κ1) is 36.9. The van der Waals surface area contributed by atoms with Gasteiger partial charge < -0.3 is 5.11 Å². The molecule has 0 unspecified atom stereocenters. The Morgan fingerprint density at radius 1 is 0.368 bits per heavy atom. The predicted molar refractivity (Wildman–Crippen MR) is 174 cm³/mol. The Bertz CT molecular complexity index is 493. The zero-order valence-corrected chi connectivity index (χ0v) is 26.0. The van der Waals surface area contributed by atoms with Crippen LogP contribution in [0.1, 0.15) is 181 Å². The van der Waals surface area contributed by atoms with Crippen LogP contribution in [0.3, 0.4) is 0 Å². The molecule has 0 rings (SSSR count). The van der Waals surface area contributed by atoms with Crippen LogP contribution in [-0.4, -0.2) is 11.2 Å². The van der Waals surface area contributed by atoms with E-state index in [2.05, 4.69) is 62.5 Å². The van der Waals surface area contributed by atoms with E-state index in [0.717, 1.165) is 12.8 Å². The Morgan fingerprint density at radius 3 is 0.947 bits per heavy atom. The molecule has 0 aliphatic carbocycles. The summed E-state index contributed by atoms with van der Waals surface area (Å²) in [6.45, 7) is 4.54. The molecule has 0 aromatic heterocycles. The molecular weight excluding hydrogens is 460 g/mol. The van der Waals surface area contributed by atoms with Crippen LogP contribution in [0.5, 0.6) is 0 Å². The van der Waals surface area contributed by atoms with Gasteiger partial charge in [0.05, 0.1) is 6.10 Å². The zero-order chi connectivity index (χ0) is 27.6. The zero-order valence-electron chi connectivity index (χ0n) is 26.0. The highest BCUT2D eigenvalue weighted by atomic mass is 16.3. The lowest BCUT2D eigenvalue weighted by Gasteiger charge is -2.10. The molecule has 0 heterocycles. The molecule has 38 heavy (non-hydrogen) atoms. The van der Waals surface area contributed by atoms with E-state index < -0.39 is 0 Å². The quantitative estimate of drug-likeness (QED) is 0.0726. The van der Waals surface area contributed by atoms with E-state index in [-0.39, 0.29) is 6.10 Å². The largest absolute Gasteiger partial charge is 0.393 e. The van der Waals surface area contributed by atoms with Gasteiger partial charge >= 0.3 is 0 Å². The first-order chi connectivity index (χ1) is 18.8. The lowest BCUT2D eigenvalue weighted by atomic mass is 10.0. The van der Waals surface area contributed by atoms with Crippen LogP contribution in [0, 0.1) is 0 Å². The van der Waals surface area contributed by atoms with Gasteiger partial charge in [-0.05, 0) is 64.2 Å². The van der Waals surface area contributed by atoms with Crippen LogP contribution in [0.15, 0.2) is 48.6 Å². The highest BCUT2D eigenvalue weighted by molar-refractivity contribution is 5.02. The minimum absolute atomic E-state index is 0.0651. The van der Waals surface area contributed by atoms with Crippen molar-refractivity contribution in [3.8, 4) is 0 Å². The highest BCUT2D eigenvalue weighted by Crippen LogP contribution is 2.15. The van der Waals surface area contributed by atoms with E-state index in [4.69, 9.17) is 0 Å². The van der Waals surface area contributed by atoms with Crippen molar-refractivity contribution in [3.63, 3.8) is 0 Å². The molecule has 0 aliphatic rings. The summed E-state index contributed by atoms with van der Waals surface area (Å²) in [7, 11) is 0. The second-order valence-corrected chi connectivity index (χ2v) is 11.5. The van der Waals surface area contributed by atoms with Crippen LogP contribution in [0.25, 0.3) is 0 Å². The smallest absolute Gasteiger partial charge is 0.0540 e. The fraction of sp³-hybridized carbons (Fsp3) is 0.784. The number of aliphatic hydroxyl groups excluding tert-OH is 1. The van der Waals surface area contributed by atoms with Crippen molar-refractivity contribution in [2.75, 3.05) is 0 Å². The van der Waals surface area contributed by atoms with Gasteiger partial charge in [0, 0.05) is 0 Å². The molecule has 1 nitrogen and oxygen atoms in total. The number of hydrogen-bond donors (Lipinski definition) is 1. The summed E-state index contributed by atoms with van der Waals surface area (Å²) < 4.78 is 0. The van der Waals surface area contributed by atoms with E-state index in [9.17, 15) is 5.11 Å². The first-order valence-corrected chi connectivity index (χ1v) is 17.1. The van der Waals surface area contributed by atoms with E-state index in [1.54, 1.807) is 0 Å². The number of aliphatic hydroxyl groups is 1. The molecule has 0 aromatic carbocycles. The number of allylic oxidation sites excluding steroid dienone is 8.